The summed E-state index contributed by atoms with van der Waals surface area (Å²) in [6.07, 6.45) is 5.04. The van der Waals surface area contributed by atoms with Crippen LogP contribution >= 0.6 is 0 Å². The van der Waals surface area contributed by atoms with Crippen LogP contribution in [0.2, 0.25) is 0 Å². The molecule has 1 saturated carbocycles. The van der Waals surface area contributed by atoms with Crippen LogP contribution in [0.15, 0.2) is 18.5 Å². The second-order valence-electron chi connectivity index (χ2n) is 4.84. The van der Waals surface area contributed by atoms with Crippen molar-refractivity contribution in [3.63, 3.8) is 0 Å². The number of carbonyl (C=O) groups excluding carboxylic acids is 1. The number of amides is 2. The number of nitrogens with one attached hydrogen (secondary N) is 2. The number of carboxylic acids is 1. The van der Waals surface area contributed by atoms with Gasteiger partial charge in [-0.2, -0.15) is 0 Å². The van der Waals surface area contributed by atoms with Crippen LogP contribution in [0.1, 0.15) is 26.2 Å². The molecule has 0 saturated heterocycles. The predicted octanol–water partition coefficient (Wildman–Crippen LogP) is 1.24. The van der Waals surface area contributed by atoms with Gasteiger partial charge in [-0.05, 0) is 25.8 Å². The first-order chi connectivity index (χ1) is 9.02. The van der Waals surface area contributed by atoms with E-state index >= 15 is 0 Å². The van der Waals surface area contributed by atoms with E-state index in [1.165, 1.54) is 12.4 Å². The van der Waals surface area contributed by atoms with Gasteiger partial charge in [-0.3, -0.25) is 10.1 Å². The van der Waals surface area contributed by atoms with Gasteiger partial charge in [0.2, 0.25) is 5.95 Å². The Hall–Kier alpha value is -2.18. The molecular formula is C12H16N4O3. The maximum absolute atomic E-state index is 11.8. The van der Waals surface area contributed by atoms with E-state index in [2.05, 4.69) is 20.6 Å². The fourth-order valence-electron chi connectivity index (χ4n) is 2.31. The van der Waals surface area contributed by atoms with Crippen molar-refractivity contribution in [2.24, 2.45) is 5.41 Å². The summed E-state index contributed by atoms with van der Waals surface area (Å²) in [5.74, 6) is -0.693. The summed E-state index contributed by atoms with van der Waals surface area (Å²) in [7, 11) is 0. The number of carboxylic acid groups (broad SMARTS) is 1. The fraction of sp³-hybridized carbons (Fsp3) is 0.500. The minimum Gasteiger partial charge on any atom is -0.481 e. The van der Waals surface area contributed by atoms with Crippen LogP contribution in [0, 0.1) is 5.41 Å². The van der Waals surface area contributed by atoms with Gasteiger partial charge < -0.3 is 10.4 Å². The van der Waals surface area contributed by atoms with Gasteiger partial charge in [-0.15, -0.1) is 0 Å². The van der Waals surface area contributed by atoms with Crippen LogP contribution in [0.3, 0.4) is 0 Å². The van der Waals surface area contributed by atoms with Crippen molar-refractivity contribution < 1.29 is 14.7 Å². The molecule has 0 radical (unpaired) electrons. The lowest BCUT2D eigenvalue weighted by Crippen LogP contribution is -2.48. The third kappa shape index (κ3) is 2.81. The molecule has 1 aliphatic rings. The third-order valence-electron chi connectivity index (χ3n) is 3.54. The predicted molar refractivity (Wildman–Crippen MR) is 67.6 cm³/mol. The van der Waals surface area contributed by atoms with Crippen LogP contribution in [0.4, 0.5) is 10.7 Å². The first-order valence-electron chi connectivity index (χ1n) is 6.10. The first-order valence-corrected chi connectivity index (χ1v) is 6.10. The summed E-state index contributed by atoms with van der Waals surface area (Å²) in [4.78, 5) is 30.8. The number of aromatic nitrogens is 2. The lowest BCUT2D eigenvalue weighted by atomic mass is 9.85. The Kier molecular flexibility index (Phi) is 3.64. The molecule has 2 atom stereocenters. The van der Waals surface area contributed by atoms with Gasteiger partial charge in [-0.25, -0.2) is 14.8 Å². The zero-order valence-corrected chi connectivity index (χ0v) is 10.6. The van der Waals surface area contributed by atoms with E-state index in [-0.39, 0.29) is 12.0 Å². The summed E-state index contributed by atoms with van der Waals surface area (Å²) in [6.45, 7) is 1.66. The van der Waals surface area contributed by atoms with Crippen LogP contribution in [0.25, 0.3) is 0 Å². The van der Waals surface area contributed by atoms with Crippen molar-refractivity contribution in [3.8, 4) is 0 Å². The van der Waals surface area contributed by atoms with Gasteiger partial charge in [-0.1, -0.05) is 6.42 Å². The molecule has 1 aromatic heterocycles. The molecule has 1 heterocycles. The Balaban J connectivity index is 1.97. The number of aliphatic carboxylic acids is 1. The summed E-state index contributed by atoms with van der Waals surface area (Å²) in [5, 5.41) is 14.4. The summed E-state index contributed by atoms with van der Waals surface area (Å²) in [5.41, 5.74) is -0.908. The molecule has 1 aliphatic carbocycles. The number of hydrogen-bond donors (Lipinski definition) is 3. The normalized spacial score (nSPS) is 25.8. The minimum atomic E-state index is -0.908. The Morgan fingerprint density at radius 1 is 1.42 bits per heavy atom. The van der Waals surface area contributed by atoms with E-state index in [9.17, 15) is 14.7 Å². The molecule has 0 bridgehead atoms. The van der Waals surface area contributed by atoms with Crippen molar-refractivity contribution >= 4 is 17.9 Å². The van der Waals surface area contributed by atoms with E-state index in [4.69, 9.17) is 0 Å². The number of nitrogens with zero attached hydrogens (tertiary/aromatic N) is 2. The Bertz CT molecular complexity index is 479. The molecule has 7 nitrogen and oxygen atoms in total. The Morgan fingerprint density at radius 3 is 2.74 bits per heavy atom. The SMILES string of the molecule is CC1(C(=O)O)CCCC1NC(=O)Nc1ncccn1. The molecule has 0 aliphatic heterocycles. The van der Waals surface area contributed by atoms with Gasteiger partial charge in [0.05, 0.1) is 5.41 Å². The van der Waals surface area contributed by atoms with Crippen molar-refractivity contribution in [2.45, 2.75) is 32.2 Å². The van der Waals surface area contributed by atoms with Crippen molar-refractivity contribution in [2.75, 3.05) is 5.32 Å². The average Bonchev–Trinajstić information content (AvgIpc) is 2.73. The fourth-order valence-corrected chi connectivity index (χ4v) is 2.31. The highest BCUT2D eigenvalue weighted by Crippen LogP contribution is 2.38. The number of hydrogen-bond acceptors (Lipinski definition) is 4. The van der Waals surface area contributed by atoms with E-state index in [1.54, 1.807) is 13.0 Å². The van der Waals surface area contributed by atoms with Crippen molar-refractivity contribution in [1.82, 2.24) is 15.3 Å². The smallest absolute Gasteiger partial charge is 0.321 e. The van der Waals surface area contributed by atoms with Crippen LogP contribution in [0.5, 0.6) is 0 Å². The van der Waals surface area contributed by atoms with E-state index in [1.807, 2.05) is 0 Å². The van der Waals surface area contributed by atoms with E-state index in [0.29, 0.717) is 12.8 Å². The molecule has 102 valence electrons. The molecular weight excluding hydrogens is 248 g/mol. The molecule has 1 aromatic rings. The lowest BCUT2D eigenvalue weighted by Gasteiger charge is -2.27. The molecule has 0 aromatic carbocycles. The van der Waals surface area contributed by atoms with Gasteiger partial charge in [0.25, 0.3) is 0 Å². The number of carbonyl (C=O) groups is 2. The topological polar surface area (TPSA) is 104 Å². The number of anilines is 1. The highest BCUT2D eigenvalue weighted by atomic mass is 16.4. The zero-order valence-electron chi connectivity index (χ0n) is 10.6. The Labute approximate surface area is 110 Å². The molecule has 2 rings (SSSR count). The minimum absolute atomic E-state index is 0.190. The van der Waals surface area contributed by atoms with Crippen LogP contribution < -0.4 is 10.6 Å². The van der Waals surface area contributed by atoms with Gasteiger partial charge in [0.15, 0.2) is 0 Å². The van der Waals surface area contributed by atoms with Crippen molar-refractivity contribution in [1.29, 1.82) is 0 Å². The molecule has 3 N–H and O–H groups in total. The van der Waals surface area contributed by atoms with E-state index < -0.39 is 17.4 Å². The second kappa shape index (κ2) is 5.21. The molecule has 0 spiro atoms. The largest absolute Gasteiger partial charge is 0.481 e. The Morgan fingerprint density at radius 2 is 2.11 bits per heavy atom. The monoisotopic (exact) mass is 264 g/mol. The standard InChI is InChI=1S/C12H16N4O3/c1-12(9(17)18)5-2-4-8(12)15-11(19)16-10-13-6-3-7-14-10/h3,6-8H,2,4-5H2,1H3,(H,17,18)(H2,13,14,15,16,19). The zero-order chi connectivity index (χ0) is 13.9. The summed E-state index contributed by atoms with van der Waals surface area (Å²) < 4.78 is 0. The third-order valence-corrected chi connectivity index (χ3v) is 3.54. The molecule has 2 unspecified atom stereocenters. The highest BCUT2D eigenvalue weighted by Gasteiger charge is 2.45. The molecule has 19 heavy (non-hydrogen) atoms. The average molecular weight is 264 g/mol. The summed E-state index contributed by atoms with van der Waals surface area (Å²) >= 11 is 0. The van der Waals surface area contributed by atoms with Gasteiger partial charge >= 0.3 is 12.0 Å². The second-order valence-corrected chi connectivity index (χ2v) is 4.84. The molecule has 7 heteroatoms. The maximum Gasteiger partial charge on any atom is 0.321 e. The first kappa shape index (κ1) is 13.3. The quantitative estimate of drug-likeness (QED) is 0.762. The van der Waals surface area contributed by atoms with Crippen molar-refractivity contribution in [3.05, 3.63) is 18.5 Å². The number of rotatable bonds is 3. The number of urea groups is 1. The molecule has 1 fully saturated rings. The molecule has 2 amide bonds. The van der Waals surface area contributed by atoms with E-state index in [0.717, 1.165) is 6.42 Å². The highest BCUT2D eigenvalue weighted by molar-refractivity contribution is 5.88. The van der Waals surface area contributed by atoms with Crippen LogP contribution in [-0.4, -0.2) is 33.1 Å². The maximum atomic E-state index is 11.8. The van der Waals surface area contributed by atoms with Gasteiger partial charge in [0, 0.05) is 18.4 Å². The van der Waals surface area contributed by atoms with Crippen LogP contribution in [-0.2, 0) is 4.79 Å². The van der Waals surface area contributed by atoms with Gasteiger partial charge in [0.1, 0.15) is 0 Å². The summed E-state index contributed by atoms with van der Waals surface area (Å²) in [6, 6.07) is 0.779. The lowest BCUT2D eigenvalue weighted by molar-refractivity contribution is -0.148.